The average Bonchev–Trinajstić information content (AvgIpc) is 2.69. The van der Waals surface area contributed by atoms with E-state index in [-0.39, 0.29) is 18.5 Å². The topological polar surface area (TPSA) is 65.8 Å². The summed E-state index contributed by atoms with van der Waals surface area (Å²) < 4.78 is 10.8. The molecular formula is C21H25N3O3S. The first-order valence-electron chi connectivity index (χ1n) is 9.29. The maximum Gasteiger partial charge on any atom is 0.242 e. The Balaban J connectivity index is 1.75. The van der Waals surface area contributed by atoms with E-state index in [0.29, 0.717) is 29.6 Å². The monoisotopic (exact) mass is 399 g/mol. The van der Waals surface area contributed by atoms with E-state index in [2.05, 4.69) is 6.07 Å². The molecule has 0 fully saturated rings. The van der Waals surface area contributed by atoms with E-state index in [1.54, 1.807) is 14.2 Å². The molecule has 7 heteroatoms. The minimum absolute atomic E-state index is 0.00230. The fraction of sp³-hybridized carbons (Fsp3) is 0.476. The van der Waals surface area contributed by atoms with E-state index < -0.39 is 5.92 Å². The first kappa shape index (κ1) is 20.2. The zero-order valence-electron chi connectivity index (χ0n) is 16.7. The van der Waals surface area contributed by atoms with Crippen molar-refractivity contribution < 1.29 is 14.3 Å². The number of methoxy groups -OCH3 is 2. The van der Waals surface area contributed by atoms with Crippen LogP contribution in [0.1, 0.15) is 25.0 Å². The number of hydrogen-bond acceptors (Lipinski definition) is 5. The lowest BCUT2D eigenvalue weighted by molar-refractivity contribution is -0.132. The molecule has 0 saturated carbocycles. The molecule has 6 nitrogen and oxygen atoms in total. The molecule has 0 bridgehead atoms. The number of rotatable bonds is 4. The number of ether oxygens (including phenoxy) is 2. The van der Waals surface area contributed by atoms with Gasteiger partial charge in [-0.05, 0) is 43.5 Å². The van der Waals surface area contributed by atoms with E-state index in [1.165, 1.54) is 5.56 Å². The largest absolute Gasteiger partial charge is 0.493 e. The second kappa shape index (κ2) is 8.19. The van der Waals surface area contributed by atoms with E-state index in [0.717, 1.165) is 17.6 Å². The molecule has 1 aromatic rings. The number of carbonyl (C=O) groups excluding carboxylic acids is 1. The van der Waals surface area contributed by atoms with Crippen molar-refractivity contribution in [1.29, 1.82) is 5.26 Å². The molecule has 0 N–H and O–H groups in total. The molecular weight excluding hydrogens is 374 g/mol. The van der Waals surface area contributed by atoms with Gasteiger partial charge in [0, 0.05) is 19.1 Å². The molecule has 0 spiro atoms. The van der Waals surface area contributed by atoms with Crippen LogP contribution >= 0.6 is 12.2 Å². The standard InChI is InChI=1S/C21H25N3O3S/c1-13-7-14(2)24(21(28)17(13)10-22)12-20(25)23-6-5-15-8-18(26-3)19(27-4)9-16(15)11-23/h7-9,14,17H,5-6,11-12H2,1-4H3. The van der Waals surface area contributed by atoms with Crippen molar-refractivity contribution in [3.05, 3.63) is 34.9 Å². The summed E-state index contributed by atoms with van der Waals surface area (Å²) in [6, 6.07) is 6.18. The Labute approximate surface area is 171 Å². The van der Waals surface area contributed by atoms with E-state index in [4.69, 9.17) is 21.7 Å². The lowest BCUT2D eigenvalue weighted by atomic mass is 9.94. The Bertz CT molecular complexity index is 874. The molecule has 2 heterocycles. The Kier molecular flexibility index (Phi) is 5.90. The van der Waals surface area contributed by atoms with Gasteiger partial charge in [0.05, 0.1) is 26.8 Å². The first-order chi connectivity index (χ1) is 13.4. The van der Waals surface area contributed by atoms with Crippen molar-refractivity contribution in [1.82, 2.24) is 9.80 Å². The number of carbonyl (C=O) groups is 1. The van der Waals surface area contributed by atoms with Crippen LogP contribution in [0.2, 0.25) is 0 Å². The molecule has 0 radical (unpaired) electrons. The normalized spacial score (nSPS) is 21.5. The second-order valence-corrected chi connectivity index (χ2v) is 7.64. The predicted molar refractivity (Wildman–Crippen MR) is 110 cm³/mol. The van der Waals surface area contributed by atoms with Crippen molar-refractivity contribution >= 4 is 23.1 Å². The van der Waals surface area contributed by atoms with E-state index >= 15 is 0 Å². The van der Waals surface area contributed by atoms with E-state index in [1.807, 2.05) is 41.9 Å². The van der Waals surface area contributed by atoms with Gasteiger partial charge in [-0.3, -0.25) is 4.79 Å². The molecule has 2 aliphatic heterocycles. The summed E-state index contributed by atoms with van der Waals surface area (Å²) in [5.74, 6) is 0.953. The van der Waals surface area contributed by atoms with Crippen LogP contribution in [0.5, 0.6) is 11.5 Å². The Hall–Kier alpha value is -2.59. The zero-order chi connectivity index (χ0) is 20.4. The van der Waals surface area contributed by atoms with Crippen LogP contribution in [0.15, 0.2) is 23.8 Å². The number of nitriles is 1. The van der Waals surface area contributed by atoms with Gasteiger partial charge in [0.15, 0.2) is 11.5 Å². The fourth-order valence-corrected chi connectivity index (χ4v) is 4.32. The lowest BCUT2D eigenvalue weighted by Crippen LogP contribution is -2.50. The van der Waals surface area contributed by atoms with Gasteiger partial charge in [0.1, 0.15) is 10.9 Å². The van der Waals surface area contributed by atoms with Gasteiger partial charge in [0.2, 0.25) is 5.91 Å². The van der Waals surface area contributed by atoms with Crippen LogP contribution in [0.4, 0.5) is 0 Å². The minimum atomic E-state index is -0.433. The third-order valence-corrected chi connectivity index (χ3v) is 5.96. The van der Waals surface area contributed by atoms with Gasteiger partial charge >= 0.3 is 0 Å². The van der Waals surface area contributed by atoms with Crippen LogP contribution < -0.4 is 9.47 Å². The lowest BCUT2D eigenvalue weighted by Gasteiger charge is -2.38. The number of amides is 1. The third-order valence-electron chi connectivity index (χ3n) is 5.49. The number of nitrogens with zero attached hydrogens (tertiary/aromatic N) is 3. The van der Waals surface area contributed by atoms with Crippen LogP contribution in [0.25, 0.3) is 0 Å². The van der Waals surface area contributed by atoms with Gasteiger partial charge in [-0.1, -0.05) is 23.9 Å². The Morgan fingerprint density at radius 2 is 1.93 bits per heavy atom. The summed E-state index contributed by atoms with van der Waals surface area (Å²) in [5.41, 5.74) is 3.19. The second-order valence-electron chi connectivity index (χ2n) is 7.22. The molecule has 0 aliphatic carbocycles. The average molecular weight is 400 g/mol. The van der Waals surface area contributed by atoms with Crippen LogP contribution in [-0.2, 0) is 17.8 Å². The van der Waals surface area contributed by atoms with Gasteiger partial charge in [-0.2, -0.15) is 5.26 Å². The van der Waals surface area contributed by atoms with Gasteiger partial charge in [-0.15, -0.1) is 0 Å². The van der Waals surface area contributed by atoms with Crippen LogP contribution in [-0.4, -0.2) is 54.0 Å². The summed E-state index contributed by atoms with van der Waals surface area (Å²) in [6.45, 7) is 5.27. The highest BCUT2D eigenvalue weighted by atomic mass is 32.1. The summed E-state index contributed by atoms with van der Waals surface area (Å²) >= 11 is 5.51. The SMILES string of the molecule is COc1cc2c(cc1OC)CN(C(=O)CN1C(=S)C(C#N)C(C)=CC1C)CC2. The molecule has 0 saturated heterocycles. The number of fused-ring (bicyclic) bond motifs is 1. The van der Waals surface area contributed by atoms with Crippen LogP contribution in [0.3, 0.4) is 0 Å². The zero-order valence-corrected chi connectivity index (χ0v) is 17.5. The highest BCUT2D eigenvalue weighted by Gasteiger charge is 2.32. The van der Waals surface area contributed by atoms with Crippen molar-refractivity contribution in [2.45, 2.75) is 32.9 Å². The molecule has 28 heavy (non-hydrogen) atoms. The van der Waals surface area contributed by atoms with Crippen molar-refractivity contribution in [2.75, 3.05) is 27.3 Å². The third kappa shape index (κ3) is 3.69. The van der Waals surface area contributed by atoms with Gasteiger partial charge < -0.3 is 19.3 Å². The maximum absolute atomic E-state index is 13.0. The molecule has 1 amide bonds. The summed E-state index contributed by atoms with van der Waals surface area (Å²) in [6.07, 6.45) is 2.78. The molecule has 3 rings (SSSR count). The number of benzene rings is 1. The maximum atomic E-state index is 13.0. The van der Waals surface area contributed by atoms with E-state index in [9.17, 15) is 10.1 Å². The first-order valence-corrected chi connectivity index (χ1v) is 9.70. The van der Waals surface area contributed by atoms with Crippen LogP contribution in [0, 0.1) is 17.2 Å². The molecule has 1 aromatic carbocycles. The molecule has 2 unspecified atom stereocenters. The summed E-state index contributed by atoms with van der Waals surface area (Å²) in [7, 11) is 3.23. The number of hydrogen-bond donors (Lipinski definition) is 0. The fourth-order valence-electron chi connectivity index (χ4n) is 3.85. The summed E-state index contributed by atoms with van der Waals surface area (Å²) in [4.78, 5) is 17.2. The smallest absolute Gasteiger partial charge is 0.242 e. The molecule has 148 valence electrons. The number of thiocarbonyl (C=S) groups is 1. The van der Waals surface area contributed by atoms with Gasteiger partial charge in [-0.25, -0.2) is 0 Å². The molecule has 0 aromatic heterocycles. The Morgan fingerprint density at radius 3 is 2.54 bits per heavy atom. The predicted octanol–water partition coefficient (Wildman–Crippen LogP) is 2.71. The van der Waals surface area contributed by atoms with Crippen molar-refractivity contribution in [3.63, 3.8) is 0 Å². The van der Waals surface area contributed by atoms with Crippen molar-refractivity contribution in [3.8, 4) is 17.6 Å². The molecule has 2 atom stereocenters. The van der Waals surface area contributed by atoms with Crippen molar-refractivity contribution in [2.24, 2.45) is 5.92 Å². The highest BCUT2D eigenvalue weighted by molar-refractivity contribution is 7.80. The Morgan fingerprint density at radius 1 is 1.29 bits per heavy atom. The summed E-state index contributed by atoms with van der Waals surface area (Å²) in [5, 5.41) is 9.40. The molecule has 2 aliphatic rings. The van der Waals surface area contributed by atoms with Gasteiger partial charge in [0.25, 0.3) is 0 Å². The highest BCUT2D eigenvalue weighted by Crippen LogP contribution is 2.33. The minimum Gasteiger partial charge on any atom is -0.493 e. The quantitative estimate of drug-likeness (QED) is 0.573.